The third-order valence-electron chi connectivity index (χ3n) is 3.21. The first-order valence-electron chi connectivity index (χ1n) is 7.74. The molecule has 0 amide bonds. The lowest BCUT2D eigenvalue weighted by atomic mass is 10.1. The van der Waals surface area contributed by atoms with Crippen LogP contribution >= 0.6 is 0 Å². The second-order valence-corrected chi connectivity index (χ2v) is 5.71. The lowest BCUT2D eigenvalue weighted by molar-refractivity contribution is -0.137. The monoisotopic (exact) mass is 351 g/mol. The zero-order valence-corrected chi connectivity index (χ0v) is 14.0. The van der Waals surface area contributed by atoms with E-state index in [2.05, 4.69) is 10.3 Å². The van der Waals surface area contributed by atoms with Crippen molar-refractivity contribution in [3.8, 4) is 5.75 Å². The molecular formula is C18H20F3N3O. The molecule has 4 nitrogen and oxygen atoms in total. The smallest absolute Gasteiger partial charge is 0.416 e. The molecule has 0 fully saturated rings. The number of hydrogen-bond acceptors (Lipinski definition) is 2. The molecule has 134 valence electrons. The summed E-state index contributed by atoms with van der Waals surface area (Å²) in [6, 6.07) is 12.1. The molecule has 2 aromatic rings. The van der Waals surface area contributed by atoms with Gasteiger partial charge in [-0.3, -0.25) is 0 Å². The first kappa shape index (κ1) is 18.6. The summed E-state index contributed by atoms with van der Waals surface area (Å²) < 4.78 is 43.1. The van der Waals surface area contributed by atoms with Crippen molar-refractivity contribution >= 4 is 11.6 Å². The fourth-order valence-corrected chi connectivity index (χ4v) is 2.05. The molecule has 0 saturated carbocycles. The highest BCUT2D eigenvalue weighted by molar-refractivity contribution is 5.92. The van der Waals surface area contributed by atoms with E-state index >= 15 is 0 Å². The van der Waals surface area contributed by atoms with Gasteiger partial charge in [-0.15, -0.1) is 0 Å². The molecule has 0 saturated heterocycles. The van der Waals surface area contributed by atoms with Crippen molar-refractivity contribution in [2.24, 2.45) is 10.7 Å². The highest BCUT2D eigenvalue weighted by Crippen LogP contribution is 2.29. The first-order chi connectivity index (χ1) is 11.7. The maximum atomic E-state index is 12.5. The van der Waals surface area contributed by atoms with Crippen LogP contribution in [0.25, 0.3) is 0 Å². The van der Waals surface area contributed by atoms with Crippen molar-refractivity contribution in [2.45, 2.75) is 32.7 Å². The summed E-state index contributed by atoms with van der Waals surface area (Å²) in [7, 11) is 0. The lowest BCUT2D eigenvalue weighted by Gasteiger charge is -2.11. The summed E-state index contributed by atoms with van der Waals surface area (Å²) in [4.78, 5) is 4.12. The van der Waals surface area contributed by atoms with E-state index < -0.39 is 11.7 Å². The van der Waals surface area contributed by atoms with Gasteiger partial charge < -0.3 is 15.8 Å². The topological polar surface area (TPSA) is 59.6 Å². The molecule has 3 N–H and O–H groups in total. The molecule has 2 rings (SSSR count). The molecule has 0 aliphatic heterocycles. The molecule has 7 heteroatoms. The van der Waals surface area contributed by atoms with E-state index in [0.29, 0.717) is 5.56 Å². The number of nitrogens with zero attached hydrogens (tertiary/aromatic N) is 1. The minimum Gasteiger partial charge on any atom is -0.491 e. The Labute approximate surface area is 144 Å². The Hall–Kier alpha value is -2.70. The number of guanidine groups is 1. The van der Waals surface area contributed by atoms with Crippen LogP contribution in [-0.4, -0.2) is 12.1 Å². The molecule has 0 aliphatic carbocycles. The fraction of sp³-hybridized carbons (Fsp3) is 0.278. The molecule has 0 heterocycles. The van der Waals surface area contributed by atoms with Crippen molar-refractivity contribution < 1.29 is 17.9 Å². The van der Waals surface area contributed by atoms with Crippen LogP contribution in [0.4, 0.5) is 18.9 Å². The number of halogens is 3. The SMILES string of the molecule is CC(C)Oc1ccc(NC(N)=NCc2ccc(C(F)(F)F)cc2)cc1. The van der Waals surface area contributed by atoms with Gasteiger partial charge in [0.15, 0.2) is 5.96 Å². The van der Waals surface area contributed by atoms with E-state index in [-0.39, 0.29) is 18.6 Å². The molecule has 0 radical (unpaired) electrons. The van der Waals surface area contributed by atoms with Crippen LogP contribution < -0.4 is 15.8 Å². The Morgan fingerprint density at radius 2 is 1.68 bits per heavy atom. The number of ether oxygens (including phenoxy) is 1. The van der Waals surface area contributed by atoms with Crippen molar-refractivity contribution in [3.63, 3.8) is 0 Å². The van der Waals surface area contributed by atoms with E-state index in [0.717, 1.165) is 23.6 Å². The average molecular weight is 351 g/mol. The highest BCUT2D eigenvalue weighted by Gasteiger charge is 2.29. The Balaban J connectivity index is 1.93. The summed E-state index contributed by atoms with van der Waals surface area (Å²) in [6.45, 7) is 4.07. The second kappa shape index (κ2) is 7.92. The summed E-state index contributed by atoms with van der Waals surface area (Å²) in [6.07, 6.45) is -4.25. The van der Waals surface area contributed by atoms with Crippen LogP contribution in [0.1, 0.15) is 25.0 Å². The molecule has 0 atom stereocenters. The van der Waals surface area contributed by atoms with Crippen LogP contribution in [0.15, 0.2) is 53.5 Å². The number of rotatable bonds is 5. The number of alkyl halides is 3. The Kier molecular flexibility index (Phi) is 5.90. The Morgan fingerprint density at radius 3 is 2.20 bits per heavy atom. The zero-order chi connectivity index (χ0) is 18.4. The quantitative estimate of drug-likeness (QED) is 0.619. The normalized spacial score (nSPS) is 12.3. The average Bonchev–Trinajstić information content (AvgIpc) is 2.54. The van der Waals surface area contributed by atoms with E-state index in [9.17, 15) is 13.2 Å². The molecule has 0 aromatic heterocycles. The van der Waals surface area contributed by atoms with Gasteiger partial charge in [-0.25, -0.2) is 4.99 Å². The number of benzene rings is 2. The largest absolute Gasteiger partial charge is 0.491 e. The number of aliphatic imine (C=N–C) groups is 1. The van der Waals surface area contributed by atoms with E-state index in [1.807, 2.05) is 26.0 Å². The van der Waals surface area contributed by atoms with Gasteiger partial charge in [0.1, 0.15) is 5.75 Å². The fourth-order valence-electron chi connectivity index (χ4n) is 2.05. The minimum atomic E-state index is -4.34. The number of hydrogen-bond donors (Lipinski definition) is 2. The van der Waals surface area contributed by atoms with Gasteiger partial charge >= 0.3 is 6.18 Å². The van der Waals surface area contributed by atoms with Gasteiger partial charge in [0, 0.05) is 5.69 Å². The van der Waals surface area contributed by atoms with Crippen LogP contribution in [0.3, 0.4) is 0 Å². The molecule has 2 aromatic carbocycles. The maximum Gasteiger partial charge on any atom is 0.416 e. The molecule has 0 aliphatic rings. The Bertz CT molecular complexity index is 708. The van der Waals surface area contributed by atoms with Crippen LogP contribution in [0.5, 0.6) is 5.75 Å². The van der Waals surface area contributed by atoms with Gasteiger partial charge in [-0.05, 0) is 55.8 Å². The maximum absolute atomic E-state index is 12.5. The number of nitrogens with one attached hydrogen (secondary N) is 1. The van der Waals surface area contributed by atoms with Gasteiger partial charge in [-0.1, -0.05) is 12.1 Å². The molecule has 0 spiro atoms. The molecule has 0 bridgehead atoms. The molecular weight excluding hydrogens is 331 g/mol. The second-order valence-electron chi connectivity index (χ2n) is 5.71. The standard InChI is InChI=1S/C18H20F3N3O/c1-12(2)25-16-9-7-15(8-10-16)24-17(22)23-11-13-3-5-14(6-4-13)18(19,20)21/h3-10,12H,11H2,1-2H3,(H3,22,23,24). The predicted octanol–water partition coefficient (Wildman–Crippen LogP) is 4.42. The lowest BCUT2D eigenvalue weighted by Crippen LogP contribution is -2.22. The van der Waals surface area contributed by atoms with Gasteiger partial charge in [0.25, 0.3) is 0 Å². The van der Waals surface area contributed by atoms with Crippen molar-refractivity contribution in [3.05, 3.63) is 59.7 Å². The third-order valence-corrected chi connectivity index (χ3v) is 3.21. The Morgan fingerprint density at radius 1 is 1.08 bits per heavy atom. The van der Waals surface area contributed by atoms with Crippen molar-refractivity contribution in [1.29, 1.82) is 0 Å². The first-order valence-corrected chi connectivity index (χ1v) is 7.74. The van der Waals surface area contributed by atoms with Crippen LogP contribution in [0, 0.1) is 0 Å². The van der Waals surface area contributed by atoms with E-state index in [4.69, 9.17) is 10.5 Å². The van der Waals surface area contributed by atoms with Gasteiger partial charge in [0.05, 0.1) is 18.2 Å². The zero-order valence-electron chi connectivity index (χ0n) is 14.0. The summed E-state index contributed by atoms with van der Waals surface area (Å²) in [5.41, 5.74) is 6.49. The predicted molar refractivity (Wildman–Crippen MR) is 92.6 cm³/mol. The minimum absolute atomic E-state index is 0.0918. The molecule has 0 unspecified atom stereocenters. The number of nitrogens with two attached hydrogens (primary N) is 1. The van der Waals surface area contributed by atoms with E-state index in [1.165, 1.54) is 12.1 Å². The molecule has 25 heavy (non-hydrogen) atoms. The number of anilines is 1. The summed E-state index contributed by atoms with van der Waals surface area (Å²) in [5, 5.41) is 2.92. The third kappa shape index (κ3) is 6.02. The van der Waals surface area contributed by atoms with Crippen molar-refractivity contribution in [1.82, 2.24) is 0 Å². The van der Waals surface area contributed by atoms with Crippen LogP contribution in [0.2, 0.25) is 0 Å². The highest BCUT2D eigenvalue weighted by atomic mass is 19.4. The summed E-state index contributed by atoms with van der Waals surface area (Å²) >= 11 is 0. The van der Waals surface area contributed by atoms with E-state index in [1.54, 1.807) is 12.1 Å². The van der Waals surface area contributed by atoms with Crippen LogP contribution in [-0.2, 0) is 12.7 Å². The summed E-state index contributed by atoms with van der Waals surface area (Å²) in [5.74, 6) is 0.929. The van der Waals surface area contributed by atoms with Gasteiger partial charge in [0.2, 0.25) is 0 Å². The van der Waals surface area contributed by atoms with Gasteiger partial charge in [-0.2, -0.15) is 13.2 Å². The van der Waals surface area contributed by atoms with Crippen molar-refractivity contribution in [2.75, 3.05) is 5.32 Å².